The number of rotatable bonds is 3. The first-order valence-corrected chi connectivity index (χ1v) is 6.23. The molecule has 0 unspecified atom stereocenters. The molecular weight excluding hydrogens is 275 g/mol. The van der Waals surface area contributed by atoms with Gasteiger partial charge in [0, 0.05) is 38.3 Å². The third-order valence-electron chi connectivity index (χ3n) is 3.16. The zero-order valence-corrected chi connectivity index (χ0v) is 12.3. The zero-order valence-electron chi connectivity index (χ0n) is 12.3. The monoisotopic (exact) mass is 292 g/mol. The maximum atomic E-state index is 14.2. The number of aromatic nitrogens is 2. The van der Waals surface area contributed by atoms with E-state index in [1.165, 1.54) is 35.0 Å². The van der Waals surface area contributed by atoms with Crippen molar-refractivity contribution in [1.82, 2.24) is 14.7 Å². The van der Waals surface area contributed by atoms with Crippen LogP contribution < -0.4 is 10.5 Å². The van der Waals surface area contributed by atoms with Crippen molar-refractivity contribution in [3.63, 3.8) is 0 Å². The summed E-state index contributed by atoms with van der Waals surface area (Å²) >= 11 is 0. The van der Waals surface area contributed by atoms with E-state index in [1.807, 2.05) is 0 Å². The summed E-state index contributed by atoms with van der Waals surface area (Å²) in [5, 5.41) is 4.05. The number of hydrogen-bond donors (Lipinski definition) is 1. The van der Waals surface area contributed by atoms with Crippen molar-refractivity contribution in [2.24, 2.45) is 7.05 Å². The van der Waals surface area contributed by atoms with Gasteiger partial charge in [-0.1, -0.05) is 0 Å². The van der Waals surface area contributed by atoms with Gasteiger partial charge in [-0.15, -0.1) is 0 Å². The minimum absolute atomic E-state index is 0.197. The summed E-state index contributed by atoms with van der Waals surface area (Å²) < 4.78 is 20.7. The van der Waals surface area contributed by atoms with Crippen molar-refractivity contribution in [2.45, 2.75) is 0 Å². The molecule has 112 valence electrons. The minimum Gasteiger partial charge on any atom is -0.495 e. The molecule has 0 atom stereocenters. The first kappa shape index (κ1) is 14.8. The van der Waals surface area contributed by atoms with E-state index >= 15 is 0 Å². The topological polar surface area (TPSA) is 73.4 Å². The van der Waals surface area contributed by atoms with Crippen LogP contribution >= 0.6 is 0 Å². The van der Waals surface area contributed by atoms with Crippen LogP contribution in [0.3, 0.4) is 0 Å². The molecule has 0 bridgehead atoms. The average molecular weight is 292 g/mol. The van der Waals surface area contributed by atoms with Gasteiger partial charge in [-0.2, -0.15) is 5.10 Å². The van der Waals surface area contributed by atoms with Crippen LogP contribution in [0.1, 0.15) is 10.5 Å². The molecule has 1 heterocycles. The lowest BCUT2D eigenvalue weighted by Crippen LogP contribution is -2.24. The van der Waals surface area contributed by atoms with Gasteiger partial charge in [0.25, 0.3) is 5.91 Å². The third-order valence-corrected chi connectivity index (χ3v) is 3.16. The molecule has 2 rings (SSSR count). The number of hydrogen-bond acceptors (Lipinski definition) is 4. The Kier molecular flexibility index (Phi) is 3.84. The summed E-state index contributed by atoms with van der Waals surface area (Å²) in [6.45, 7) is 0. The Morgan fingerprint density at radius 3 is 2.62 bits per heavy atom. The van der Waals surface area contributed by atoms with E-state index in [4.69, 9.17) is 10.5 Å². The molecule has 0 fully saturated rings. The molecule has 0 saturated heterocycles. The van der Waals surface area contributed by atoms with Crippen LogP contribution in [0.2, 0.25) is 0 Å². The van der Waals surface area contributed by atoms with Gasteiger partial charge in [-0.05, 0) is 6.07 Å². The van der Waals surface area contributed by atoms with Gasteiger partial charge in [0.1, 0.15) is 17.3 Å². The molecule has 0 aliphatic carbocycles. The molecule has 1 amide bonds. The van der Waals surface area contributed by atoms with Gasteiger partial charge < -0.3 is 15.4 Å². The van der Waals surface area contributed by atoms with Crippen LogP contribution in [0.25, 0.3) is 11.1 Å². The average Bonchev–Trinajstić information content (AvgIpc) is 2.79. The van der Waals surface area contributed by atoms with E-state index in [1.54, 1.807) is 21.1 Å². The molecule has 1 aromatic carbocycles. The number of methoxy groups -OCH3 is 1. The standard InChI is InChI=1S/C14H17FN4O2/c1-18(2)14(20)13-9(7-17-19(13)3)8-5-12(21-4)11(16)6-10(8)15/h5-7H,16H2,1-4H3. The summed E-state index contributed by atoms with van der Waals surface area (Å²) in [5.41, 5.74) is 6.78. The number of amides is 1. The van der Waals surface area contributed by atoms with E-state index in [9.17, 15) is 9.18 Å². The number of nitrogens with two attached hydrogens (primary N) is 1. The number of aryl methyl sites for hydroxylation is 1. The first-order valence-electron chi connectivity index (χ1n) is 6.23. The predicted octanol–water partition coefficient (Wildman–Crippen LogP) is 1.52. The number of benzene rings is 1. The van der Waals surface area contributed by atoms with Crippen molar-refractivity contribution in [1.29, 1.82) is 0 Å². The largest absolute Gasteiger partial charge is 0.495 e. The van der Waals surface area contributed by atoms with Crippen LogP contribution in [0.15, 0.2) is 18.3 Å². The maximum Gasteiger partial charge on any atom is 0.272 e. The number of nitrogen functional groups attached to an aromatic ring is 1. The number of ether oxygens (including phenoxy) is 1. The molecule has 21 heavy (non-hydrogen) atoms. The van der Waals surface area contributed by atoms with E-state index < -0.39 is 5.82 Å². The summed E-state index contributed by atoms with van der Waals surface area (Å²) in [4.78, 5) is 13.6. The second-order valence-electron chi connectivity index (χ2n) is 4.80. The molecule has 2 aromatic rings. The Bertz CT molecular complexity index is 695. The molecule has 7 heteroatoms. The van der Waals surface area contributed by atoms with Crippen LogP contribution in [0, 0.1) is 5.82 Å². The predicted molar refractivity (Wildman–Crippen MR) is 77.6 cm³/mol. The Hall–Kier alpha value is -2.57. The number of carbonyl (C=O) groups excluding carboxylic acids is 1. The van der Waals surface area contributed by atoms with Gasteiger partial charge in [-0.25, -0.2) is 4.39 Å². The van der Waals surface area contributed by atoms with Crippen molar-refractivity contribution in [2.75, 3.05) is 26.9 Å². The number of carbonyl (C=O) groups is 1. The second kappa shape index (κ2) is 5.43. The SMILES string of the molecule is COc1cc(-c2cnn(C)c2C(=O)N(C)C)c(F)cc1N. The van der Waals surface area contributed by atoms with Crippen LogP contribution in [0.4, 0.5) is 10.1 Å². The highest BCUT2D eigenvalue weighted by Gasteiger charge is 2.22. The summed E-state index contributed by atoms with van der Waals surface area (Å²) in [7, 11) is 6.33. The third kappa shape index (κ3) is 2.54. The maximum absolute atomic E-state index is 14.2. The highest BCUT2D eigenvalue weighted by molar-refractivity contribution is 5.99. The Labute approximate surface area is 121 Å². The Morgan fingerprint density at radius 1 is 1.38 bits per heavy atom. The summed E-state index contributed by atoms with van der Waals surface area (Å²) in [5.74, 6) is -0.451. The van der Waals surface area contributed by atoms with E-state index in [-0.39, 0.29) is 17.2 Å². The van der Waals surface area contributed by atoms with E-state index in [2.05, 4.69) is 5.10 Å². The smallest absolute Gasteiger partial charge is 0.272 e. The summed E-state index contributed by atoms with van der Waals surface area (Å²) in [6.07, 6.45) is 1.45. The highest BCUT2D eigenvalue weighted by atomic mass is 19.1. The molecule has 2 N–H and O–H groups in total. The van der Waals surface area contributed by atoms with Crippen molar-refractivity contribution in [3.8, 4) is 16.9 Å². The lowest BCUT2D eigenvalue weighted by molar-refractivity contribution is 0.0817. The Balaban J connectivity index is 2.66. The molecule has 1 aromatic heterocycles. The molecule has 0 spiro atoms. The highest BCUT2D eigenvalue weighted by Crippen LogP contribution is 2.33. The second-order valence-corrected chi connectivity index (χ2v) is 4.80. The van der Waals surface area contributed by atoms with Crippen molar-refractivity contribution < 1.29 is 13.9 Å². The molecule has 0 radical (unpaired) electrons. The van der Waals surface area contributed by atoms with Gasteiger partial charge >= 0.3 is 0 Å². The minimum atomic E-state index is -0.533. The van der Waals surface area contributed by atoms with Crippen molar-refractivity contribution >= 4 is 11.6 Å². The molecule has 0 saturated carbocycles. The van der Waals surface area contributed by atoms with Gasteiger partial charge in [0.05, 0.1) is 19.0 Å². The van der Waals surface area contributed by atoms with Gasteiger partial charge in [0.2, 0.25) is 0 Å². The number of nitrogens with zero attached hydrogens (tertiary/aromatic N) is 3. The molecule has 0 aliphatic heterocycles. The van der Waals surface area contributed by atoms with Gasteiger partial charge in [0.15, 0.2) is 0 Å². The fourth-order valence-corrected chi connectivity index (χ4v) is 2.05. The lowest BCUT2D eigenvalue weighted by Gasteiger charge is -2.13. The van der Waals surface area contributed by atoms with E-state index in [0.717, 1.165) is 0 Å². The number of anilines is 1. The van der Waals surface area contributed by atoms with Crippen LogP contribution in [-0.2, 0) is 7.05 Å². The summed E-state index contributed by atoms with van der Waals surface area (Å²) in [6, 6.07) is 2.64. The fourth-order valence-electron chi connectivity index (χ4n) is 2.05. The number of halogens is 1. The quantitative estimate of drug-likeness (QED) is 0.870. The molecular formula is C14H17FN4O2. The Morgan fingerprint density at radius 2 is 2.05 bits per heavy atom. The molecule has 6 nitrogen and oxygen atoms in total. The normalized spacial score (nSPS) is 10.5. The zero-order chi connectivity index (χ0) is 15.7. The van der Waals surface area contributed by atoms with E-state index in [0.29, 0.717) is 17.0 Å². The fraction of sp³-hybridized carbons (Fsp3) is 0.286. The first-order chi connectivity index (χ1) is 9.86. The van der Waals surface area contributed by atoms with Gasteiger partial charge in [-0.3, -0.25) is 9.48 Å². The molecule has 0 aliphatic rings. The van der Waals surface area contributed by atoms with Crippen molar-refractivity contribution in [3.05, 3.63) is 29.8 Å². The lowest BCUT2D eigenvalue weighted by atomic mass is 10.0. The van der Waals surface area contributed by atoms with Crippen LogP contribution in [-0.4, -0.2) is 41.8 Å². The van der Waals surface area contributed by atoms with Crippen LogP contribution in [0.5, 0.6) is 5.75 Å².